The number of hydrogen-bond acceptors (Lipinski definition) is 5. The molecule has 0 aliphatic heterocycles. The van der Waals surface area contributed by atoms with E-state index in [1.165, 1.54) is 5.56 Å². The Kier molecular flexibility index (Phi) is 8.12. The fourth-order valence-electron chi connectivity index (χ4n) is 6.60. The van der Waals surface area contributed by atoms with Gasteiger partial charge in [0.1, 0.15) is 0 Å². The average molecular weight is 666 g/mol. The van der Waals surface area contributed by atoms with Crippen molar-refractivity contribution in [3.8, 4) is 78.8 Å². The van der Waals surface area contributed by atoms with Crippen LogP contribution in [-0.2, 0) is 0 Å². The lowest BCUT2D eigenvalue weighted by Crippen LogP contribution is -2.00. The molecule has 0 saturated carbocycles. The molecule has 244 valence electrons. The van der Waals surface area contributed by atoms with Crippen LogP contribution >= 0.6 is 0 Å². The van der Waals surface area contributed by atoms with Crippen molar-refractivity contribution in [1.82, 2.24) is 24.9 Å². The molecule has 5 nitrogen and oxygen atoms in total. The van der Waals surface area contributed by atoms with Crippen LogP contribution in [0.1, 0.15) is 0 Å². The Labute approximate surface area is 302 Å². The van der Waals surface area contributed by atoms with Crippen LogP contribution in [0, 0.1) is 0 Å². The lowest BCUT2D eigenvalue weighted by atomic mass is 9.93. The van der Waals surface area contributed by atoms with Crippen molar-refractivity contribution in [2.45, 2.75) is 0 Å². The largest absolute Gasteiger partial charge is 0.263 e. The predicted octanol–water partition coefficient (Wildman–Crippen LogP) is 11.5. The third kappa shape index (κ3) is 6.23. The van der Waals surface area contributed by atoms with Gasteiger partial charge in [-0.2, -0.15) is 0 Å². The quantitative estimate of drug-likeness (QED) is 0.169. The van der Waals surface area contributed by atoms with Crippen molar-refractivity contribution in [1.29, 1.82) is 0 Å². The molecule has 0 amide bonds. The number of pyridine rings is 2. The Bertz CT molecular complexity index is 2600. The van der Waals surface area contributed by atoms with Gasteiger partial charge in [0.05, 0.1) is 5.69 Å². The second kappa shape index (κ2) is 13.7. The fraction of sp³-hybridized carbons (Fsp3) is 0. The lowest BCUT2D eigenvalue weighted by Gasteiger charge is -2.14. The standard InChI is InChI=1S/C47H31N5/c1-4-12-32(13-5-1)37-24-25-49-44(29-37)34-22-20-33(21-23-34)39-26-40(43-31-48-30-38-18-10-11-19-42(38)43)28-41(27-39)47-51-45(35-14-6-2-7-15-35)50-46(52-47)36-16-8-3-9-17-36/h1-31H. The van der Waals surface area contributed by atoms with Crippen molar-refractivity contribution in [2.75, 3.05) is 0 Å². The fourth-order valence-corrected chi connectivity index (χ4v) is 6.60. The Morgan fingerprint density at radius 3 is 1.52 bits per heavy atom. The zero-order valence-corrected chi connectivity index (χ0v) is 28.1. The molecule has 0 saturated heterocycles. The molecule has 0 fully saturated rings. The van der Waals surface area contributed by atoms with Crippen molar-refractivity contribution in [3.05, 3.63) is 188 Å². The van der Waals surface area contributed by atoms with E-state index in [9.17, 15) is 0 Å². The highest BCUT2D eigenvalue weighted by Crippen LogP contribution is 2.36. The molecule has 3 heterocycles. The normalized spacial score (nSPS) is 11.1. The summed E-state index contributed by atoms with van der Waals surface area (Å²) >= 11 is 0. The van der Waals surface area contributed by atoms with Crippen LogP contribution in [0.4, 0.5) is 0 Å². The summed E-state index contributed by atoms with van der Waals surface area (Å²) < 4.78 is 0. The molecule has 0 aliphatic rings. The summed E-state index contributed by atoms with van der Waals surface area (Å²) in [5.74, 6) is 1.85. The van der Waals surface area contributed by atoms with Gasteiger partial charge in [-0.15, -0.1) is 0 Å². The van der Waals surface area contributed by atoms with E-state index in [2.05, 4.69) is 102 Å². The van der Waals surface area contributed by atoms with E-state index >= 15 is 0 Å². The van der Waals surface area contributed by atoms with Crippen LogP contribution in [-0.4, -0.2) is 24.9 Å². The molecule has 5 heteroatoms. The Morgan fingerprint density at radius 1 is 0.327 bits per heavy atom. The number of hydrogen-bond donors (Lipinski definition) is 0. The zero-order valence-electron chi connectivity index (χ0n) is 28.1. The lowest BCUT2D eigenvalue weighted by molar-refractivity contribution is 1.07. The minimum absolute atomic E-state index is 0.600. The average Bonchev–Trinajstić information content (AvgIpc) is 3.24. The summed E-state index contributed by atoms with van der Waals surface area (Å²) in [6.45, 7) is 0. The Hall–Kier alpha value is -7.11. The molecule has 9 rings (SSSR count). The van der Waals surface area contributed by atoms with Gasteiger partial charge in [0.15, 0.2) is 17.5 Å². The second-order valence-corrected chi connectivity index (χ2v) is 12.6. The molecule has 0 N–H and O–H groups in total. The first kappa shape index (κ1) is 30.9. The van der Waals surface area contributed by atoms with Gasteiger partial charge in [0, 0.05) is 51.8 Å². The van der Waals surface area contributed by atoms with Crippen LogP contribution < -0.4 is 0 Å². The van der Waals surface area contributed by atoms with E-state index in [1.54, 1.807) is 0 Å². The van der Waals surface area contributed by atoms with E-state index in [0.29, 0.717) is 17.5 Å². The maximum atomic E-state index is 5.07. The van der Waals surface area contributed by atoms with E-state index in [-0.39, 0.29) is 0 Å². The summed E-state index contributed by atoms with van der Waals surface area (Å²) in [5, 5.41) is 2.21. The van der Waals surface area contributed by atoms with E-state index in [0.717, 1.165) is 66.5 Å². The van der Waals surface area contributed by atoms with Crippen LogP contribution in [0.2, 0.25) is 0 Å². The molecule has 6 aromatic carbocycles. The molecule has 52 heavy (non-hydrogen) atoms. The molecule has 0 spiro atoms. The number of rotatable bonds is 7. The molecule has 0 bridgehead atoms. The molecule has 0 atom stereocenters. The third-order valence-electron chi connectivity index (χ3n) is 9.25. The first-order valence-corrected chi connectivity index (χ1v) is 17.2. The van der Waals surface area contributed by atoms with Crippen LogP contribution in [0.25, 0.3) is 89.6 Å². The third-order valence-corrected chi connectivity index (χ3v) is 9.25. The number of nitrogens with zero attached hydrogens (tertiary/aromatic N) is 5. The smallest absolute Gasteiger partial charge is 0.164 e. The Morgan fingerprint density at radius 2 is 0.846 bits per heavy atom. The molecular formula is C47H31N5. The Balaban J connectivity index is 1.20. The maximum absolute atomic E-state index is 5.07. The minimum Gasteiger partial charge on any atom is -0.263 e. The van der Waals surface area contributed by atoms with Crippen LogP contribution in [0.3, 0.4) is 0 Å². The van der Waals surface area contributed by atoms with Gasteiger partial charge in [-0.3, -0.25) is 9.97 Å². The SMILES string of the molecule is c1ccc(-c2ccnc(-c3ccc(-c4cc(-c5nc(-c6ccccc6)nc(-c6ccccc6)n5)cc(-c5cncc6ccccc56)c4)cc3)c2)cc1. The molecule has 0 aliphatic carbocycles. The van der Waals surface area contributed by atoms with Gasteiger partial charge in [0.2, 0.25) is 0 Å². The van der Waals surface area contributed by atoms with Crippen molar-refractivity contribution in [3.63, 3.8) is 0 Å². The van der Waals surface area contributed by atoms with E-state index in [4.69, 9.17) is 19.9 Å². The van der Waals surface area contributed by atoms with E-state index < -0.39 is 0 Å². The topological polar surface area (TPSA) is 64.5 Å². The van der Waals surface area contributed by atoms with Crippen molar-refractivity contribution >= 4 is 10.8 Å². The predicted molar refractivity (Wildman–Crippen MR) is 211 cm³/mol. The molecular weight excluding hydrogens is 635 g/mol. The van der Waals surface area contributed by atoms with Crippen LogP contribution in [0.5, 0.6) is 0 Å². The van der Waals surface area contributed by atoms with Crippen LogP contribution in [0.15, 0.2) is 188 Å². The van der Waals surface area contributed by atoms with Gasteiger partial charge >= 0.3 is 0 Å². The van der Waals surface area contributed by atoms with Gasteiger partial charge in [-0.25, -0.2) is 15.0 Å². The minimum atomic E-state index is 0.600. The summed E-state index contributed by atoms with van der Waals surface area (Å²) in [6.07, 6.45) is 5.73. The highest BCUT2D eigenvalue weighted by atomic mass is 15.0. The maximum Gasteiger partial charge on any atom is 0.164 e. The first-order chi connectivity index (χ1) is 25.7. The summed E-state index contributed by atoms with van der Waals surface area (Å²) in [6, 6.07) is 58.3. The molecule has 0 radical (unpaired) electrons. The highest BCUT2D eigenvalue weighted by molar-refractivity contribution is 5.97. The van der Waals surface area contributed by atoms with E-state index in [1.807, 2.05) is 91.4 Å². The number of aromatic nitrogens is 5. The zero-order chi connectivity index (χ0) is 34.7. The number of fused-ring (bicyclic) bond motifs is 1. The monoisotopic (exact) mass is 665 g/mol. The van der Waals surface area contributed by atoms with Gasteiger partial charge in [-0.05, 0) is 63.5 Å². The van der Waals surface area contributed by atoms with Crippen molar-refractivity contribution in [2.24, 2.45) is 0 Å². The molecule has 3 aromatic heterocycles. The highest BCUT2D eigenvalue weighted by Gasteiger charge is 2.16. The van der Waals surface area contributed by atoms with Gasteiger partial charge < -0.3 is 0 Å². The second-order valence-electron chi connectivity index (χ2n) is 12.6. The van der Waals surface area contributed by atoms with Gasteiger partial charge in [0.25, 0.3) is 0 Å². The van der Waals surface area contributed by atoms with Crippen molar-refractivity contribution < 1.29 is 0 Å². The molecule has 0 unspecified atom stereocenters. The first-order valence-electron chi connectivity index (χ1n) is 17.2. The summed E-state index contributed by atoms with van der Waals surface area (Å²) in [4.78, 5) is 24.4. The molecule has 9 aromatic rings. The van der Waals surface area contributed by atoms with Gasteiger partial charge in [-0.1, -0.05) is 140 Å². The number of benzene rings is 6. The summed E-state index contributed by atoms with van der Waals surface area (Å²) in [7, 11) is 0. The summed E-state index contributed by atoms with van der Waals surface area (Å²) in [5.41, 5.74) is 11.2.